The van der Waals surface area contributed by atoms with Crippen LogP contribution in [0, 0.1) is 0 Å². The van der Waals surface area contributed by atoms with E-state index in [9.17, 15) is 13.2 Å². The lowest BCUT2D eigenvalue weighted by atomic mass is 10.5. The standard InChI is InChI=1S/C5H4ClN.CHF3O3S/c6-5-2-1-3-7-4-5;2-1(3,4)8(5,6)7/h1-4H;(H,5,6,7). The average Bonchev–Trinajstić information content (AvgIpc) is 2.02. The lowest BCUT2D eigenvalue weighted by molar-refractivity contribution is -0.377. The Morgan fingerprint density at radius 2 is 1.87 bits per heavy atom. The highest BCUT2D eigenvalue weighted by atomic mass is 35.5. The Bertz CT molecular complexity index is 392. The van der Waals surface area contributed by atoms with Crippen molar-refractivity contribution >= 4 is 21.7 Å². The molecule has 0 aliphatic heterocycles. The molecule has 1 N–H and O–H groups in total. The maximum Gasteiger partial charge on any atom is 0.485 e. The van der Waals surface area contributed by atoms with E-state index in [2.05, 4.69) is 4.98 Å². The van der Waals surface area contributed by atoms with Gasteiger partial charge in [-0.3, -0.25) is 0 Å². The van der Waals surface area contributed by atoms with Crippen LogP contribution in [0.1, 0.15) is 0 Å². The van der Waals surface area contributed by atoms with Crippen LogP contribution in [-0.4, -0.2) is 18.5 Å². The molecule has 1 aromatic heterocycles. The van der Waals surface area contributed by atoms with Gasteiger partial charge in [-0.15, -0.1) is 0 Å². The summed E-state index contributed by atoms with van der Waals surface area (Å²) in [7, 11) is -6.09. The molecule has 0 aromatic carbocycles. The third-order valence-corrected chi connectivity index (χ3v) is 1.75. The molecule has 0 atom stereocenters. The molecule has 0 saturated carbocycles. The van der Waals surface area contributed by atoms with Gasteiger partial charge in [0.15, 0.2) is 22.5 Å². The summed E-state index contributed by atoms with van der Waals surface area (Å²) in [6.07, 6.45) is 3.54. The fraction of sp³-hybridized carbons (Fsp3) is 0.167. The number of halogens is 4. The Hall–Kier alpha value is -0.860. The quantitative estimate of drug-likeness (QED) is 0.522. The molecule has 0 unspecified atom stereocenters. The molecule has 1 rings (SSSR count). The Kier molecular flexibility index (Phi) is 4.98. The van der Waals surface area contributed by atoms with Gasteiger partial charge in [0.1, 0.15) is 5.02 Å². The zero-order valence-electron chi connectivity index (χ0n) is 6.95. The monoisotopic (exact) mass is 263 g/mol. The smallest absolute Gasteiger partial charge is 0.485 e. The highest BCUT2D eigenvalue weighted by molar-refractivity contribution is 7.86. The molecular formula is C6H5ClF3NO3S. The fourth-order valence-corrected chi connectivity index (χ4v) is 0.507. The van der Waals surface area contributed by atoms with Gasteiger partial charge in [-0.1, -0.05) is 11.6 Å². The minimum atomic E-state index is -6.09. The van der Waals surface area contributed by atoms with Gasteiger partial charge in [0.2, 0.25) is 0 Å². The number of hydrogen-bond donors (Lipinski definition) is 0. The van der Waals surface area contributed by atoms with E-state index in [1.165, 1.54) is 0 Å². The summed E-state index contributed by atoms with van der Waals surface area (Å²) < 4.78 is 58.9. The van der Waals surface area contributed by atoms with Crippen LogP contribution in [0.5, 0.6) is 0 Å². The van der Waals surface area contributed by atoms with Crippen molar-refractivity contribution in [2.75, 3.05) is 0 Å². The summed E-state index contributed by atoms with van der Waals surface area (Å²) in [6, 6.07) is 3.67. The first kappa shape index (κ1) is 14.1. The van der Waals surface area contributed by atoms with Gasteiger partial charge in [0, 0.05) is 6.07 Å². The number of H-pyrrole nitrogens is 1. The molecule has 4 nitrogen and oxygen atoms in total. The summed E-state index contributed by atoms with van der Waals surface area (Å²) in [5.41, 5.74) is -5.65. The zero-order chi connectivity index (χ0) is 12.1. The highest BCUT2D eigenvalue weighted by Crippen LogP contribution is 2.20. The maximum absolute atomic E-state index is 10.7. The fourth-order valence-electron chi connectivity index (χ4n) is 0.371. The predicted molar refractivity (Wildman–Crippen MR) is 43.8 cm³/mol. The number of pyridine rings is 1. The Morgan fingerprint density at radius 3 is 2.00 bits per heavy atom. The third kappa shape index (κ3) is 6.26. The number of alkyl halides is 3. The van der Waals surface area contributed by atoms with Crippen molar-refractivity contribution in [3.8, 4) is 0 Å². The van der Waals surface area contributed by atoms with E-state index in [-0.39, 0.29) is 0 Å². The van der Waals surface area contributed by atoms with Crippen molar-refractivity contribution < 1.29 is 31.1 Å². The summed E-state index contributed by atoms with van der Waals surface area (Å²) in [5.74, 6) is 0. The second-order valence-electron chi connectivity index (χ2n) is 2.12. The minimum Gasteiger partial charge on any atom is -0.741 e. The molecule has 0 radical (unpaired) electrons. The predicted octanol–water partition coefficient (Wildman–Crippen LogP) is 1.21. The Balaban J connectivity index is 0.000000262. The minimum absolute atomic E-state index is 0.738. The van der Waals surface area contributed by atoms with Crippen LogP contribution in [0.15, 0.2) is 24.5 Å². The van der Waals surface area contributed by atoms with E-state index in [1.54, 1.807) is 6.20 Å². The largest absolute Gasteiger partial charge is 0.741 e. The van der Waals surface area contributed by atoms with E-state index in [0.717, 1.165) is 5.02 Å². The SMILES string of the molecule is Clc1ccc[nH+]c1.O=S(=O)([O-])C(F)(F)F. The molecule has 9 heteroatoms. The van der Waals surface area contributed by atoms with E-state index in [0.29, 0.717) is 0 Å². The van der Waals surface area contributed by atoms with Crippen molar-refractivity contribution in [1.29, 1.82) is 0 Å². The van der Waals surface area contributed by atoms with Gasteiger partial charge < -0.3 is 4.55 Å². The molecule has 0 saturated heterocycles. The van der Waals surface area contributed by atoms with Crippen molar-refractivity contribution in [2.45, 2.75) is 5.51 Å². The molecule has 0 aliphatic rings. The van der Waals surface area contributed by atoms with Gasteiger partial charge in [-0.05, 0) is 6.07 Å². The van der Waals surface area contributed by atoms with Crippen LogP contribution in [0.4, 0.5) is 13.2 Å². The van der Waals surface area contributed by atoms with Crippen LogP contribution in [0.25, 0.3) is 0 Å². The van der Waals surface area contributed by atoms with Crippen LogP contribution >= 0.6 is 11.6 Å². The molecule has 0 bridgehead atoms. The topological polar surface area (TPSA) is 71.3 Å². The van der Waals surface area contributed by atoms with E-state index < -0.39 is 15.6 Å². The summed E-state index contributed by atoms with van der Waals surface area (Å²) in [4.78, 5) is 2.83. The number of nitrogens with one attached hydrogen (secondary N) is 1. The van der Waals surface area contributed by atoms with Gasteiger partial charge >= 0.3 is 5.51 Å². The first-order valence-electron chi connectivity index (χ1n) is 3.28. The van der Waals surface area contributed by atoms with Gasteiger partial charge in [-0.25, -0.2) is 13.4 Å². The van der Waals surface area contributed by atoms with Crippen molar-refractivity contribution in [3.63, 3.8) is 0 Å². The van der Waals surface area contributed by atoms with E-state index in [1.807, 2.05) is 18.3 Å². The summed E-state index contributed by atoms with van der Waals surface area (Å²) >= 11 is 5.51. The van der Waals surface area contributed by atoms with Crippen LogP contribution in [-0.2, 0) is 10.1 Å². The highest BCUT2D eigenvalue weighted by Gasteiger charge is 2.36. The third-order valence-electron chi connectivity index (χ3n) is 0.953. The Labute approximate surface area is 88.5 Å². The number of aromatic nitrogens is 1. The first-order chi connectivity index (χ1) is 6.64. The number of rotatable bonds is 0. The molecule has 0 spiro atoms. The lowest BCUT2D eigenvalue weighted by Crippen LogP contribution is -2.21. The van der Waals surface area contributed by atoms with Crippen LogP contribution in [0.2, 0.25) is 5.02 Å². The second kappa shape index (κ2) is 5.29. The molecule has 1 aromatic rings. The normalized spacial score (nSPS) is 11.5. The molecular weight excluding hydrogens is 259 g/mol. The molecule has 0 fully saturated rings. The Morgan fingerprint density at radius 1 is 1.40 bits per heavy atom. The van der Waals surface area contributed by atoms with E-state index in [4.69, 9.17) is 24.6 Å². The van der Waals surface area contributed by atoms with Gasteiger partial charge in [-0.2, -0.15) is 13.2 Å². The second-order valence-corrected chi connectivity index (χ2v) is 3.93. The number of hydrogen-bond acceptors (Lipinski definition) is 3. The molecule has 0 amide bonds. The van der Waals surface area contributed by atoms with E-state index >= 15 is 0 Å². The van der Waals surface area contributed by atoms with Gasteiger partial charge in [0.25, 0.3) is 0 Å². The molecule has 0 aliphatic carbocycles. The van der Waals surface area contributed by atoms with Crippen LogP contribution in [0.3, 0.4) is 0 Å². The number of aromatic amines is 1. The van der Waals surface area contributed by atoms with Crippen molar-refractivity contribution in [2.24, 2.45) is 0 Å². The van der Waals surface area contributed by atoms with Crippen molar-refractivity contribution in [1.82, 2.24) is 0 Å². The van der Waals surface area contributed by atoms with Crippen molar-refractivity contribution in [3.05, 3.63) is 29.5 Å². The lowest BCUT2D eigenvalue weighted by Gasteiger charge is -2.08. The first-order valence-corrected chi connectivity index (χ1v) is 5.07. The maximum atomic E-state index is 10.7. The summed E-state index contributed by atoms with van der Waals surface area (Å²) in [6.45, 7) is 0. The molecule has 15 heavy (non-hydrogen) atoms. The molecule has 1 heterocycles. The van der Waals surface area contributed by atoms with Crippen LogP contribution < -0.4 is 4.98 Å². The molecule has 86 valence electrons. The van der Waals surface area contributed by atoms with Gasteiger partial charge in [0.05, 0.1) is 0 Å². The summed E-state index contributed by atoms with van der Waals surface area (Å²) in [5, 5.41) is 0.738. The average molecular weight is 264 g/mol. The zero-order valence-corrected chi connectivity index (χ0v) is 8.53.